The first kappa shape index (κ1) is 19.3. The summed E-state index contributed by atoms with van der Waals surface area (Å²) in [5.74, 6) is -1.29. The molecule has 0 unspecified atom stereocenters. The van der Waals surface area contributed by atoms with Crippen LogP contribution in [-0.2, 0) is 4.74 Å². The molecule has 2 rings (SSSR count). The number of hydrogen-bond acceptors (Lipinski definition) is 4. The fourth-order valence-electron chi connectivity index (χ4n) is 2.90. The van der Waals surface area contributed by atoms with Crippen molar-refractivity contribution in [1.29, 1.82) is 0 Å². The highest BCUT2D eigenvalue weighted by Crippen LogP contribution is 2.38. The number of H-pyrrole nitrogens is 1. The average molecular weight is 362 g/mol. The zero-order valence-electron chi connectivity index (χ0n) is 14.5. The molecule has 0 bridgehead atoms. The van der Waals surface area contributed by atoms with Gasteiger partial charge < -0.3 is 19.7 Å². The molecular formula is C16H21F3N2O4. The molecule has 0 aliphatic carbocycles. The molecule has 6 nitrogen and oxygen atoms in total. The summed E-state index contributed by atoms with van der Waals surface area (Å²) in [6.45, 7) is 5.42. The van der Waals surface area contributed by atoms with E-state index in [1.807, 2.05) is 0 Å². The molecule has 25 heavy (non-hydrogen) atoms. The summed E-state index contributed by atoms with van der Waals surface area (Å²) in [6.07, 6.45) is -5.74. The van der Waals surface area contributed by atoms with Gasteiger partial charge in [0.15, 0.2) is 5.60 Å². The normalized spacial score (nSPS) is 21.1. The van der Waals surface area contributed by atoms with Gasteiger partial charge in [-0.3, -0.25) is 4.79 Å². The number of aryl methyl sites for hydroxylation is 1. The Morgan fingerprint density at radius 3 is 2.40 bits per heavy atom. The third kappa shape index (κ3) is 3.51. The largest absolute Gasteiger partial charge is 0.459 e. The molecule has 0 spiro atoms. The van der Waals surface area contributed by atoms with Crippen molar-refractivity contribution < 1.29 is 32.6 Å². The van der Waals surface area contributed by atoms with Crippen molar-refractivity contribution in [3.63, 3.8) is 0 Å². The van der Waals surface area contributed by atoms with E-state index in [2.05, 4.69) is 4.98 Å². The Balaban J connectivity index is 2.26. The highest BCUT2D eigenvalue weighted by molar-refractivity contribution is 6.00. The molecule has 1 atom stereocenters. The zero-order valence-corrected chi connectivity index (χ0v) is 14.5. The highest BCUT2D eigenvalue weighted by atomic mass is 19.4. The van der Waals surface area contributed by atoms with E-state index in [-0.39, 0.29) is 23.9 Å². The Bertz CT molecular complexity index is 696. The molecule has 0 aromatic carbocycles. The summed E-state index contributed by atoms with van der Waals surface area (Å²) in [4.78, 5) is 28.4. The Hall–Kier alpha value is -2.03. The maximum Gasteiger partial charge on any atom is 0.419 e. The van der Waals surface area contributed by atoms with Gasteiger partial charge in [0.2, 0.25) is 0 Å². The maximum atomic E-state index is 12.9. The number of carbonyl (C=O) groups is 2. The lowest BCUT2D eigenvalue weighted by Crippen LogP contribution is -2.48. The second-order valence-electron chi connectivity index (χ2n) is 6.59. The Morgan fingerprint density at radius 2 is 1.92 bits per heavy atom. The molecule has 1 amide bonds. The van der Waals surface area contributed by atoms with Crippen LogP contribution in [0, 0.1) is 13.8 Å². The van der Waals surface area contributed by atoms with Crippen LogP contribution < -0.4 is 0 Å². The molecule has 2 heterocycles. The molecule has 0 radical (unpaired) electrons. The molecule has 1 saturated heterocycles. The molecule has 1 aromatic rings. The summed E-state index contributed by atoms with van der Waals surface area (Å²) in [5.41, 5.74) is -1.97. The maximum absolute atomic E-state index is 12.9. The van der Waals surface area contributed by atoms with Gasteiger partial charge in [0.1, 0.15) is 5.69 Å². The van der Waals surface area contributed by atoms with Crippen molar-refractivity contribution in [2.24, 2.45) is 0 Å². The predicted octanol–water partition coefficient (Wildman–Crippen LogP) is 2.34. The molecule has 140 valence electrons. The van der Waals surface area contributed by atoms with Gasteiger partial charge >= 0.3 is 12.1 Å². The molecule has 1 fully saturated rings. The van der Waals surface area contributed by atoms with Crippen LogP contribution in [0.15, 0.2) is 0 Å². The van der Waals surface area contributed by atoms with Gasteiger partial charge in [0.25, 0.3) is 5.91 Å². The quantitative estimate of drug-likeness (QED) is 0.809. The second-order valence-corrected chi connectivity index (χ2v) is 6.59. The Kier molecular flexibility index (Phi) is 4.91. The average Bonchev–Trinajstić information content (AvgIpc) is 2.99. The Labute approximate surface area is 143 Å². The van der Waals surface area contributed by atoms with E-state index >= 15 is 0 Å². The number of alkyl halides is 3. The number of rotatable bonds is 3. The summed E-state index contributed by atoms with van der Waals surface area (Å²) < 4.78 is 43.8. The summed E-state index contributed by atoms with van der Waals surface area (Å²) >= 11 is 0. The third-order valence-electron chi connectivity index (χ3n) is 4.26. The third-order valence-corrected chi connectivity index (χ3v) is 4.26. The predicted molar refractivity (Wildman–Crippen MR) is 82.3 cm³/mol. The number of esters is 1. The van der Waals surface area contributed by atoms with E-state index in [0.717, 1.165) is 4.90 Å². The minimum atomic E-state index is -4.81. The van der Waals surface area contributed by atoms with E-state index < -0.39 is 36.6 Å². The lowest BCUT2D eigenvalue weighted by molar-refractivity contribution is -0.253. The van der Waals surface area contributed by atoms with Gasteiger partial charge in [-0.25, -0.2) is 4.79 Å². The molecule has 1 aliphatic heterocycles. The number of likely N-dealkylation sites (tertiary alicyclic amines) is 1. The Morgan fingerprint density at radius 1 is 1.32 bits per heavy atom. The monoisotopic (exact) mass is 362 g/mol. The summed E-state index contributed by atoms with van der Waals surface area (Å²) in [5, 5.41) is 9.71. The lowest BCUT2D eigenvalue weighted by Gasteiger charge is -2.25. The van der Waals surface area contributed by atoms with Crippen LogP contribution in [0.2, 0.25) is 0 Å². The fraction of sp³-hybridized carbons (Fsp3) is 0.625. The fourth-order valence-corrected chi connectivity index (χ4v) is 2.90. The molecule has 0 saturated carbocycles. The number of ether oxygens (including phenoxy) is 1. The van der Waals surface area contributed by atoms with Crippen molar-refractivity contribution in [3.8, 4) is 0 Å². The van der Waals surface area contributed by atoms with Crippen LogP contribution in [0.4, 0.5) is 13.2 Å². The zero-order chi connectivity index (χ0) is 19.2. The van der Waals surface area contributed by atoms with Gasteiger partial charge in [0.05, 0.1) is 18.2 Å². The van der Waals surface area contributed by atoms with E-state index in [0.29, 0.717) is 11.3 Å². The highest BCUT2D eigenvalue weighted by Gasteiger charge is 2.58. The van der Waals surface area contributed by atoms with E-state index in [4.69, 9.17) is 4.74 Å². The smallest absolute Gasteiger partial charge is 0.419 e. The molecule has 9 heteroatoms. The van der Waals surface area contributed by atoms with E-state index in [1.54, 1.807) is 20.8 Å². The van der Waals surface area contributed by atoms with Crippen LogP contribution in [0.5, 0.6) is 0 Å². The number of β-amino-alcohol motifs (C(OH)–C–C–N with tert-alkyl or cyclic N) is 1. The molecular weight excluding hydrogens is 341 g/mol. The van der Waals surface area contributed by atoms with Crippen LogP contribution in [0.3, 0.4) is 0 Å². The van der Waals surface area contributed by atoms with Crippen molar-refractivity contribution in [1.82, 2.24) is 9.88 Å². The first-order chi connectivity index (χ1) is 11.4. The first-order valence-electron chi connectivity index (χ1n) is 7.86. The van der Waals surface area contributed by atoms with Gasteiger partial charge in [-0.2, -0.15) is 13.2 Å². The number of aliphatic hydroxyl groups is 1. The van der Waals surface area contributed by atoms with Crippen molar-refractivity contribution in [2.75, 3.05) is 13.1 Å². The molecule has 2 N–H and O–H groups in total. The number of nitrogens with one attached hydrogen (secondary N) is 1. The topological polar surface area (TPSA) is 82.6 Å². The van der Waals surface area contributed by atoms with Crippen molar-refractivity contribution in [2.45, 2.75) is 52.0 Å². The van der Waals surface area contributed by atoms with Crippen LogP contribution >= 0.6 is 0 Å². The standard InChI is InChI=1S/C16H21F3N2O4/c1-8(2)25-14(23)11-9(3)12(20-10(11)4)13(22)21-6-5-15(24,7-21)16(17,18)19/h8,20,24H,5-7H2,1-4H3/t15-/m1/s1. The number of carbonyl (C=O) groups excluding carboxylic acids is 2. The minimum Gasteiger partial charge on any atom is -0.459 e. The van der Waals surface area contributed by atoms with E-state index in [9.17, 15) is 27.9 Å². The number of halogens is 3. The lowest BCUT2D eigenvalue weighted by atomic mass is 10.0. The summed E-state index contributed by atoms with van der Waals surface area (Å²) in [6, 6.07) is 0. The number of amides is 1. The van der Waals surface area contributed by atoms with Gasteiger partial charge in [-0.05, 0) is 33.3 Å². The van der Waals surface area contributed by atoms with E-state index in [1.165, 1.54) is 6.92 Å². The van der Waals surface area contributed by atoms with Gasteiger partial charge in [0, 0.05) is 18.7 Å². The van der Waals surface area contributed by atoms with Crippen LogP contribution in [-0.4, -0.2) is 57.8 Å². The van der Waals surface area contributed by atoms with Crippen molar-refractivity contribution >= 4 is 11.9 Å². The van der Waals surface area contributed by atoms with Gasteiger partial charge in [-0.1, -0.05) is 0 Å². The number of nitrogens with zero attached hydrogens (tertiary/aromatic N) is 1. The first-order valence-corrected chi connectivity index (χ1v) is 7.86. The van der Waals surface area contributed by atoms with Gasteiger partial charge in [-0.15, -0.1) is 0 Å². The van der Waals surface area contributed by atoms with Crippen LogP contribution in [0.25, 0.3) is 0 Å². The molecule has 1 aromatic heterocycles. The number of aromatic nitrogens is 1. The SMILES string of the molecule is Cc1[nH]c(C(=O)N2CC[C@](O)(C(F)(F)F)C2)c(C)c1C(=O)OC(C)C. The second kappa shape index (κ2) is 6.36. The minimum absolute atomic E-state index is 0.0274. The number of hydrogen-bond donors (Lipinski definition) is 2. The molecule has 1 aliphatic rings. The summed E-state index contributed by atoms with van der Waals surface area (Å²) in [7, 11) is 0. The van der Waals surface area contributed by atoms with Crippen molar-refractivity contribution in [3.05, 3.63) is 22.5 Å². The number of aromatic amines is 1. The van der Waals surface area contributed by atoms with Crippen LogP contribution in [0.1, 0.15) is 52.4 Å².